The van der Waals surface area contributed by atoms with Crippen LogP contribution in [0.25, 0.3) is 0 Å². The van der Waals surface area contributed by atoms with Crippen LogP contribution in [0.15, 0.2) is 54.6 Å². The zero-order valence-electron chi connectivity index (χ0n) is 16.2. The number of carbonyl (C=O) groups excluding carboxylic acids is 2. The number of amides is 2. The number of para-hydroxylation sites is 1. The summed E-state index contributed by atoms with van der Waals surface area (Å²) in [6.07, 6.45) is 1.37. The highest BCUT2D eigenvalue weighted by molar-refractivity contribution is 5.97. The minimum Gasteiger partial charge on any atom is -0.481 e. The molecule has 2 aliphatic heterocycles. The number of rotatable bonds is 5. The summed E-state index contributed by atoms with van der Waals surface area (Å²) in [5.74, 6) is -1.78. The van der Waals surface area contributed by atoms with E-state index < -0.39 is 11.9 Å². The second kappa shape index (κ2) is 8.07. The Hall–Kier alpha value is -3.15. The highest BCUT2D eigenvalue weighted by Crippen LogP contribution is 2.33. The molecule has 29 heavy (non-hydrogen) atoms. The van der Waals surface area contributed by atoms with Crippen molar-refractivity contribution in [1.29, 1.82) is 0 Å². The summed E-state index contributed by atoms with van der Waals surface area (Å²) in [4.78, 5) is 40.3. The maximum absolute atomic E-state index is 12.8. The third-order valence-corrected chi connectivity index (χ3v) is 5.96. The van der Waals surface area contributed by atoms with Gasteiger partial charge in [-0.05, 0) is 23.6 Å². The number of carboxylic acids is 1. The van der Waals surface area contributed by atoms with E-state index in [9.17, 15) is 19.5 Å². The Kier molecular flexibility index (Phi) is 5.34. The van der Waals surface area contributed by atoms with Gasteiger partial charge in [-0.1, -0.05) is 48.5 Å². The number of fused-ring (bicyclic) bond motifs is 1. The Labute approximate surface area is 169 Å². The first-order valence-electron chi connectivity index (χ1n) is 9.98. The minimum atomic E-state index is -0.880. The lowest BCUT2D eigenvalue weighted by Gasteiger charge is -2.29. The van der Waals surface area contributed by atoms with Crippen LogP contribution in [0.2, 0.25) is 0 Å². The van der Waals surface area contributed by atoms with Gasteiger partial charge in [0.25, 0.3) is 0 Å². The summed E-state index contributed by atoms with van der Waals surface area (Å²) in [5.41, 5.74) is 2.94. The highest BCUT2D eigenvalue weighted by atomic mass is 16.4. The Morgan fingerprint density at radius 2 is 1.69 bits per heavy atom. The molecule has 4 rings (SSSR count). The van der Waals surface area contributed by atoms with Crippen molar-refractivity contribution < 1.29 is 19.5 Å². The van der Waals surface area contributed by atoms with E-state index >= 15 is 0 Å². The molecule has 0 saturated carbocycles. The van der Waals surface area contributed by atoms with Gasteiger partial charge in [0.05, 0.1) is 5.92 Å². The highest BCUT2D eigenvalue weighted by Gasteiger charge is 2.40. The maximum atomic E-state index is 12.8. The van der Waals surface area contributed by atoms with Crippen molar-refractivity contribution in [3.05, 3.63) is 65.7 Å². The van der Waals surface area contributed by atoms with Gasteiger partial charge < -0.3 is 14.9 Å². The first-order valence-corrected chi connectivity index (χ1v) is 9.98. The zero-order valence-corrected chi connectivity index (χ0v) is 16.2. The molecule has 2 unspecified atom stereocenters. The van der Waals surface area contributed by atoms with Crippen LogP contribution in [0, 0.1) is 5.92 Å². The van der Waals surface area contributed by atoms with Crippen LogP contribution in [0.5, 0.6) is 0 Å². The summed E-state index contributed by atoms with van der Waals surface area (Å²) < 4.78 is 0. The van der Waals surface area contributed by atoms with Gasteiger partial charge in [0, 0.05) is 44.1 Å². The molecule has 0 aromatic heterocycles. The molecule has 1 saturated heterocycles. The number of carboxylic acid groups (broad SMARTS) is 1. The Balaban J connectivity index is 1.44. The molecule has 6 heteroatoms. The van der Waals surface area contributed by atoms with Gasteiger partial charge in [0.2, 0.25) is 11.8 Å². The van der Waals surface area contributed by atoms with E-state index in [-0.39, 0.29) is 30.7 Å². The van der Waals surface area contributed by atoms with Crippen LogP contribution in [0.3, 0.4) is 0 Å². The molecule has 1 fully saturated rings. The standard InChI is InChI=1S/C23H24N2O4/c26-21(12-13-25-20-9-5-4-8-17(20)10-11-22(25)27)24-14-18(19(15-24)23(28)29)16-6-2-1-3-7-16/h1-9,18-19H,10-15H2,(H,28,29). The molecule has 2 heterocycles. The van der Waals surface area contributed by atoms with Gasteiger partial charge in [0.1, 0.15) is 0 Å². The molecular weight excluding hydrogens is 368 g/mol. The van der Waals surface area contributed by atoms with Crippen molar-refractivity contribution in [3.8, 4) is 0 Å². The molecule has 1 N–H and O–H groups in total. The fourth-order valence-corrected chi connectivity index (χ4v) is 4.40. The minimum absolute atomic E-state index is 0.0310. The monoisotopic (exact) mass is 392 g/mol. The van der Waals surface area contributed by atoms with Crippen molar-refractivity contribution >= 4 is 23.5 Å². The molecule has 0 radical (unpaired) electrons. The zero-order chi connectivity index (χ0) is 20.4. The number of aliphatic carboxylic acids is 1. The van der Waals surface area contributed by atoms with Crippen LogP contribution in [-0.2, 0) is 20.8 Å². The lowest BCUT2D eigenvalue weighted by Crippen LogP contribution is -2.39. The van der Waals surface area contributed by atoms with Crippen LogP contribution in [-0.4, -0.2) is 47.4 Å². The fraction of sp³-hybridized carbons (Fsp3) is 0.348. The van der Waals surface area contributed by atoms with E-state index in [0.717, 1.165) is 23.2 Å². The van der Waals surface area contributed by atoms with Crippen molar-refractivity contribution in [1.82, 2.24) is 4.90 Å². The van der Waals surface area contributed by atoms with Gasteiger partial charge >= 0.3 is 5.97 Å². The van der Waals surface area contributed by atoms with E-state index in [0.29, 0.717) is 19.5 Å². The number of aryl methyl sites for hydroxylation is 1. The van der Waals surface area contributed by atoms with Crippen LogP contribution in [0.4, 0.5) is 5.69 Å². The van der Waals surface area contributed by atoms with Crippen LogP contribution < -0.4 is 4.90 Å². The Morgan fingerprint density at radius 3 is 2.45 bits per heavy atom. The summed E-state index contributed by atoms with van der Waals surface area (Å²) >= 11 is 0. The average molecular weight is 392 g/mol. The molecule has 2 atom stereocenters. The number of hydrogen-bond donors (Lipinski definition) is 1. The second-order valence-corrected chi connectivity index (χ2v) is 7.68. The van der Waals surface area contributed by atoms with Gasteiger partial charge in [-0.2, -0.15) is 0 Å². The lowest BCUT2D eigenvalue weighted by molar-refractivity contribution is -0.141. The first-order chi connectivity index (χ1) is 14.0. The molecule has 0 bridgehead atoms. The third kappa shape index (κ3) is 3.88. The number of anilines is 1. The van der Waals surface area contributed by atoms with Gasteiger partial charge in [-0.15, -0.1) is 0 Å². The van der Waals surface area contributed by atoms with E-state index in [2.05, 4.69) is 0 Å². The van der Waals surface area contributed by atoms with E-state index in [4.69, 9.17) is 0 Å². The lowest BCUT2D eigenvalue weighted by atomic mass is 9.89. The SMILES string of the molecule is O=C(O)C1CN(C(=O)CCN2C(=O)CCc3ccccc32)CC1c1ccccc1. The third-order valence-electron chi connectivity index (χ3n) is 5.96. The summed E-state index contributed by atoms with van der Waals surface area (Å²) in [5, 5.41) is 9.63. The number of benzene rings is 2. The molecule has 0 spiro atoms. The van der Waals surface area contributed by atoms with E-state index in [1.165, 1.54) is 0 Å². The van der Waals surface area contributed by atoms with Gasteiger partial charge in [0.15, 0.2) is 0 Å². The topological polar surface area (TPSA) is 77.9 Å². The number of nitrogens with zero attached hydrogens (tertiary/aromatic N) is 2. The Bertz CT molecular complexity index is 927. The maximum Gasteiger partial charge on any atom is 0.308 e. The van der Waals surface area contributed by atoms with Crippen molar-refractivity contribution in [2.75, 3.05) is 24.5 Å². The second-order valence-electron chi connectivity index (χ2n) is 7.68. The molecule has 2 aromatic carbocycles. The number of hydrogen-bond acceptors (Lipinski definition) is 3. The summed E-state index contributed by atoms with van der Waals surface area (Å²) in [7, 11) is 0. The molecule has 0 aliphatic carbocycles. The largest absolute Gasteiger partial charge is 0.481 e. The van der Waals surface area contributed by atoms with Gasteiger partial charge in [-0.3, -0.25) is 14.4 Å². The predicted molar refractivity (Wildman–Crippen MR) is 109 cm³/mol. The quantitative estimate of drug-likeness (QED) is 0.849. The predicted octanol–water partition coefficient (Wildman–Crippen LogP) is 2.68. The normalized spacial score (nSPS) is 21.2. The van der Waals surface area contributed by atoms with E-state index in [1.54, 1.807) is 9.80 Å². The number of carbonyl (C=O) groups is 3. The smallest absolute Gasteiger partial charge is 0.308 e. The van der Waals surface area contributed by atoms with Crippen molar-refractivity contribution in [2.45, 2.75) is 25.2 Å². The fourth-order valence-electron chi connectivity index (χ4n) is 4.40. The summed E-state index contributed by atoms with van der Waals surface area (Å²) in [6.45, 7) is 0.918. The molecule has 6 nitrogen and oxygen atoms in total. The van der Waals surface area contributed by atoms with Crippen LogP contribution >= 0.6 is 0 Å². The molecular formula is C23H24N2O4. The molecule has 2 amide bonds. The van der Waals surface area contributed by atoms with Crippen molar-refractivity contribution in [3.63, 3.8) is 0 Å². The van der Waals surface area contributed by atoms with E-state index in [1.807, 2.05) is 54.6 Å². The van der Waals surface area contributed by atoms with Crippen molar-refractivity contribution in [2.24, 2.45) is 5.92 Å². The molecule has 2 aromatic rings. The number of likely N-dealkylation sites (tertiary alicyclic amines) is 1. The first kappa shape index (κ1) is 19.2. The average Bonchev–Trinajstić information content (AvgIpc) is 3.19. The summed E-state index contributed by atoms with van der Waals surface area (Å²) in [6, 6.07) is 17.3. The molecule has 2 aliphatic rings. The van der Waals surface area contributed by atoms with Crippen LogP contribution in [0.1, 0.15) is 29.9 Å². The van der Waals surface area contributed by atoms with Gasteiger partial charge in [-0.25, -0.2) is 0 Å². The Morgan fingerprint density at radius 1 is 0.966 bits per heavy atom. The molecule has 150 valence electrons.